The van der Waals surface area contributed by atoms with Crippen molar-refractivity contribution >= 4 is 22.2 Å². The van der Waals surface area contributed by atoms with E-state index in [0.29, 0.717) is 0 Å². The van der Waals surface area contributed by atoms with Gasteiger partial charge >= 0.3 is 0 Å². The fourth-order valence-corrected chi connectivity index (χ4v) is 4.62. The van der Waals surface area contributed by atoms with Gasteiger partial charge in [-0.25, -0.2) is 4.98 Å². The molecule has 4 aromatic rings. The molecule has 0 amide bonds. The minimum absolute atomic E-state index is 0.853. The second-order valence-electron chi connectivity index (χ2n) is 8.50. The molecule has 0 aliphatic carbocycles. The Morgan fingerprint density at radius 3 is 2.58 bits per heavy atom. The van der Waals surface area contributed by atoms with Gasteiger partial charge in [-0.15, -0.1) is 0 Å². The molecule has 4 nitrogen and oxygen atoms in total. The van der Waals surface area contributed by atoms with E-state index in [-0.39, 0.29) is 0 Å². The molecule has 0 atom stereocenters. The second kappa shape index (κ2) is 9.37. The summed E-state index contributed by atoms with van der Waals surface area (Å²) in [6, 6.07) is 17.2. The molecule has 2 N–H and O–H groups in total. The summed E-state index contributed by atoms with van der Waals surface area (Å²) in [5.74, 6) is 0.853. The van der Waals surface area contributed by atoms with Crippen molar-refractivity contribution in [2.75, 3.05) is 18.0 Å². The molecule has 1 saturated heterocycles. The zero-order chi connectivity index (χ0) is 22.6. The van der Waals surface area contributed by atoms with Crippen molar-refractivity contribution in [3.8, 4) is 22.6 Å². The highest BCUT2D eigenvalue weighted by Gasteiger charge is 2.18. The number of imidazole rings is 1. The van der Waals surface area contributed by atoms with Gasteiger partial charge in [0.2, 0.25) is 0 Å². The SMILES string of the molecule is C=C/C(=C\C=C/C)c1[nH]c(-c2c[nH]c3ccccc23)nc1-c1ccc(N2CCCCC2)cc1. The molecule has 0 saturated carbocycles. The number of hydrogen-bond donors (Lipinski definition) is 2. The molecule has 2 aromatic carbocycles. The van der Waals surface area contributed by atoms with Gasteiger partial charge in [-0.2, -0.15) is 0 Å². The van der Waals surface area contributed by atoms with E-state index in [2.05, 4.69) is 70.0 Å². The molecule has 1 aliphatic rings. The van der Waals surface area contributed by atoms with Gasteiger partial charge in [-0.1, -0.05) is 61.2 Å². The van der Waals surface area contributed by atoms with Crippen molar-refractivity contribution in [2.45, 2.75) is 26.2 Å². The van der Waals surface area contributed by atoms with Gasteiger partial charge in [0.1, 0.15) is 5.82 Å². The summed E-state index contributed by atoms with van der Waals surface area (Å²) in [6.45, 7) is 8.36. The monoisotopic (exact) mass is 434 g/mol. The van der Waals surface area contributed by atoms with Crippen LogP contribution in [0.5, 0.6) is 0 Å². The van der Waals surface area contributed by atoms with Crippen LogP contribution in [0.25, 0.3) is 39.1 Å². The standard InChI is InChI=1S/C29H30N4/c1-3-5-11-21(4-2)27-28(22-14-16-23(17-15-22)33-18-9-6-10-19-33)32-29(31-27)25-20-30-26-13-8-7-12-24(25)26/h3-5,7-8,11-17,20,30H,2,6,9-10,18-19H2,1H3,(H,31,32)/b5-3-,21-11+. The van der Waals surface area contributed by atoms with E-state index in [1.807, 2.05) is 37.4 Å². The molecule has 4 heteroatoms. The zero-order valence-electron chi connectivity index (χ0n) is 19.1. The number of hydrogen-bond acceptors (Lipinski definition) is 2. The quantitative estimate of drug-likeness (QED) is 0.311. The molecule has 33 heavy (non-hydrogen) atoms. The van der Waals surface area contributed by atoms with E-state index >= 15 is 0 Å². The van der Waals surface area contributed by atoms with E-state index in [4.69, 9.17) is 4.98 Å². The number of para-hydroxylation sites is 1. The third-order valence-electron chi connectivity index (χ3n) is 6.39. The molecule has 0 bridgehead atoms. The van der Waals surface area contributed by atoms with Gasteiger partial charge in [-0.05, 0) is 50.0 Å². The first kappa shape index (κ1) is 21.1. The number of nitrogens with zero attached hydrogens (tertiary/aromatic N) is 2. The molecule has 3 heterocycles. The molecule has 166 valence electrons. The van der Waals surface area contributed by atoms with E-state index in [0.717, 1.165) is 57.9 Å². The fraction of sp³-hybridized carbons (Fsp3) is 0.207. The number of nitrogens with one attached hydrogen (secondary N) is 2. The van der Waals surface area contributed by atoms with Crippen molar-refractivity contribution in [3.05, 3.63) is 91.3 Å². The Morgan fingerprint density at radius 1 is 1.03 bits per heavy atom. The number of aromatic amines is 2. The summed E-state index contributed by atoms with van der Waals surface area (Å²) < 4.78 is 0. The average molecular weight is 435 g/mol. The first-order valence-electron chi connectivity index (χ1n) is 11.8. The molecule has 1 fully saturated rings. The van der Waals surface area contributed by atoms with Gasteiger partial charge in [0.15, 0.2) is 0 Å². The molecular weight excluding hydrogens is 404 g/mol. The number of anilines is 1. The maximum absolute atomic E-state index is 5.09. The van der Waals surface area contributed by atoms with Crippen LogP contribution < -0.4 is 4.90 Å². The highest BCUT2D eigenvalue weighted by atomic mass is 15.1. The lowest BCUT2D eigenvalue weighted by Gasteiger charge is -2.28. The van der Waals surface area contributed by atoms with Crippen molar-refractivity contribution in [3.63, 3.8) is 0 Å². The highest BCUT2D eigenvalue weighted by Crippen LogP contribution is 2.34. The zero-order valence-corrected chi connectivity index (χ0v) is 19.1. The Hall–Kier alpha value is -3.79. The van der Waals surface area contributed by atoms with E-state index in [1.54, 1.807) is 0 Å². The van der Waals surface area contributed by atoms with Crippen LogP contribution in [0.15, 0.2) is 85.6 Å². The predicted octanol–water partition coefficient (Wildman–Crippen LogP) is 7.36. The second-order valence-corrected chi connectivity index (χ2v) is 8.50. The van der Waals surface area contributed by atoms with Crippen LogP contribution in [0.1, 0.15) is 31.9 Å². The smallest absolute Gasteiger partial charge is 0.140 e. The predicted molar refractivity (Wildman–Crippen MR) is 140 cm³/mol. The summed E-state index contributed by atoms with van der Waals surface area (Å²) in [5, 5.41) is 1.15. The van der Waals surface area contributed by atoms with Gasteiger partial charge in [0, 0.05) is 47.0 Å². The first-order valence-corrected chi connectivity index (χ1v) is 11.8. The lowest BCUT2D eigenvalue weighted by molar-refractivity contribution is 0.578. The van der Waals surface area contributed by atoms with Crippen molar-refractivity contribution in [2.24, 2.45) is 0 Å². The van der Waals surface area contributed by atoms with E-state index < -0.39 is 0 Å². The Balaban J connectivity index is 1.60. The number of H-pyrrole nitrogens is 2. The highest BCUT2D eigenvalue weighted by molar-refractivity contribution is 5.95. The molecule has 5 rings (SSSR count). The maximum atomic E-state index is 5.09. The molecular formula is C29H30N4. The molecule has 0 spiro atoms. The van der Waals surface area contributed by atoms with Crippen LogP contribution in [-0.2, 0) is 0 Å². The van der Waals surface area contributed by atoms with Crippen LogP contribution >= 0.6 is 0 Å². The minimum Gasteiger partial charge on any atom is -0.372 e. The molecule has 2 aromatic heterocycles. The van der Waals surface area contributed by atoms with E-state index in [9.17, 15) is 0 Å². The summed E-state index contributed by atoms with van der Waals surface area (Å²) >= 11 is 0. The third-order valence-corrected chi connectivity index (χ3v) is 6.39. The lowest BCUT2D eigenvalue weighted by Crippen LogP contribution is -2.29. The van der Waals surface area contributed by atoms with Crippen LogP contribution in [0.3, 0.4) is 0 Å². The molecule has 1 aliphatic heterocycles. The third kappa shape index (κ3) is 4.17. The van der Waals surface area contributed by atoms with Crippen LogP contribution in [0.4, 0.5) is 5.69 Å². The number of allylic oxidation sites excluding steroid dienone is 5. The Morgan fingerprint density at radius 2 is 1.82 bits per heavy atom. The number of fused-ring (bicyclic) bond motifs is 1. The normalized spacial score (nSPS) is 14.9. The van der Waals surface area contributed by atoms with Gasteiger partial charge in [-0.3, -0.25) is 0 Å². The summed E-state index contributed by atoms with van der Waals surface area (Å²) in [7, 11) is 0. The Labute approximate surface area is 195 Å². The van der Waals surface area contributed by atoms with Crippen LogP contribution in [0, 0.1) is 0 Å². The Kier molecular flexibility index (Phi) is 5.99. The summed E-state index contributed by atoms with van der Waals surface area (Å²) in [6.07, 6.45) is 13.9. The Bertz CT molecular complexity index is 1310. The van der Waals surface area contributed by atoms with E-state index in [1.165, 1.54) is 24.9 Å². The van der Waals surface area contributed by atoms with Crippen LogP contribution in [0.2, 0.25) is 0 Å². The minimum atomic E-state index is 0.853. The van der Waals surface area contributed by atoms with Crippen molar-refractivity contribution in [1.29, 1.82) is 0 Å². The topological polar surface area (TPSA) is 47.7 Å². The molecule has 0 radical (unpaired) electrons. The van der Waals surface area contributed by atoms with Crippen molar-refractivity contribution < 1.29 is 0 Å². The largest absolute Gasteiger partial charge is 0.372 e. The van der Waals surface area contributed by atoms with Gasteiger partial charge in [0.25, 0.3) is 0 Å². The van der Waals surface area contributed by atoms with Crippen LogP contribution in [-0.4, -0.2) is 28.0 Å². The van der Waals surface area contributed by atoms with Gasteiger partial charge in [0.05, 0.1) is 11.4 Å². The average Bonchev–Trinajstić information content (AvgIpc) is 3.50. The number of benzene rings is 2. The summed E-state index contributed by atoms with van der Waals surface area (Å²) in [4.78, 5) is 14.5. The first-order chi connectivity index (χ1) is 16.3. The van der Waals surface area contributed by atoms with Gasteiger partial charge < -0.3 is 14.9 Å². The number of aromatic nitrogens is 3. The number of piperidine rings is 1. The molecule has 0 unspecified atom stereocenters. The maximum Gasteiger partial charge on any atom is 0.140 e. The lowest BCUT2D eigenvalue weighted by atomic mass is 10.0. The summed E-state index contributed by atoms with van der Waals surface area (Å²) in [5.41, 5.74) is 7.50. The number of rotatable bonds is 6. The van der Waals surface area contributed by atoms with Crippen molar-refractivity contribution in [1.82, 2.24) is 15.0 Å². The fourth-order valence-electron chi connectivity index (χ4n) is 4.62.